The van der Waals surface area contributed by atoms with Crippen LogP contribution in [0.5, 0.6) is 11.5 Å². The Bertz CT molecular complexity index is 980. The number of hydrogen-bond donors (Lipinski definition) is 2. The Kier molecular flexibility index (Phi) is 5.50. The maximum Gasteiger partial charge on any atom is 0.295 e. The molecule has 0 aliphatic carbocycles. The van der Waals surface area contributed by atoms with Crippen LogP contribution < -0.4 is 14.4 Å². The highest BCUT2D eigenvalue weighted by molar-refractivity contribution is 6.46. The molecule has 0 unspecified atom stereocenters. The van der Waals surface area contributed by atoms with Gasteiger partial charge in [0.2, 0.25) is 0 Å². The highest BCUT2D eigenvalue weighted by atomic mass is 16.6. The number of quaternary nitrogens is 1. The number of aliphatic hydroxyl groups excluding tert-OH is 1. The topological polar surface area (TPSA) is 93.7 Å². The maximum absolute atomic E-state index is 12.9. The Labute approximate surface area is 174 Å². The van der Waals surface area contributed by atoms with E-state index in [1.54, 1.807) is 30.3 Å². The molecule has 4 rings (SSSR count). The van der Waals surface area contributed by atoms with Crippen molar-refractivity contribution in [3.05, 3.63) is 53.5 Å². The highest BCUT2D eigenvalue weighted by Crippen LogP contribution is 2.41. The van der Waals surface area contributed by atoms with Gasteiger partial charge in [-0.3, -0.25) is 9.59 Å². The minimum atomic E-state index is -0.773. The lowest BCUT2D eigenvalue weighted by Crippen LogP contribution is -3.05. The quantitative estimate of drug-likeness (QED) is 0.417. The van der Waals surface area contributed by atoms with Crippen molar-refractivity contribution in [2.75, 3.05) is 40.4 Å². The third-order valence-electron chi connectivity index (χ3n) is 5.24. The van der Waals surface area contributed by atoms with Crippen LogP contribution in [-0.4, -0.2) is 62.1 Å². The molecule has 30 heavy (non-hydrogen) atoms. The lowest BCUT2D eigenvalue weighted by Gasteiger charge is -2.23. The second-order valence-corrected chi connectivity index (χ2v) is 7.68. The molecule has 2 aliphatic rings. The van der Waals surface area contributed by atoms with Crippen molar-refractivity contribution in [1.29, 1.82) is 0 Å². The molecule has 2 aliphatic heterocycles. The van der Waals surface area contributed by atoms with Crippen LogP contribution in [0.1, 0.15) is 23.8 Å². The van der Waals surface area contributed by atoms with E-state index in [2.05, 4.69) is 0 Å². The predicted octanol–water partition coefficient (Wildman–Crippen LogP) is 1.01. The molecule has 0 spiro atoms. The van der Waals surface area contributed by atoms with Crippen LogP contribution in [0, 0.1) is 0 Å². The van der Waals surface area contributed by atoms with Gasteiger partial charge in [0.1, 0.15) is 30.8 Å². The summed E-state index contributed by atoms with van der Waals surface area (Å²) in [5, 5.41) is 11.0. The largest absolute Gasteiger partial charge is 0.507 e. The Hall–Kier alpha value is -3.26. The number of Topliss-reactive ketones (excluding diaryl/α,β-unsaturated/α-hetero) is 1. The number of rotatable bonds is 6. The molecular formula is C22H25N2O6+. The van der Waals surface area contributed by atoms with Crippen LogP contribution >= 0.6 is 0 Å². The molecular weight excluding hydrogens is 388 g/mol. The van der Waals surface area contributed by atoms with Gasteiger partial charge in [0.05, 0.1) is 32.5 Å². The first-order valence-corrected chi connectivity index (χ1v) is 9.98. The summed E-state index contributed by atoms with van der Waals surface area (Å²) >= 11 is 0. The molecule has 0 bridgehead atoms. The average Bonchev–Trinajstić information content (AvgIpc) is 3.35. The standard InChI is InChI=1S/C22H24N2O6/c1-23(2)8-4-9-24-19(16-5-3-10-28-16)18(21(26)22(24)27)20(25)14-6-7-15-17(13-14)30-12-11-29-15/h3,5-7,10,13,19,25H,4,8-9,11-12H2,1-2H3/p+1/b20-18-/t19-/m1/s1. The van der Waals surface area contributed by atoms with E-state index in [0.29, 0.717) is 42.6 Å². The van der Waals surface area contributed by atoms with Crippen molar-refractivity contribution in [1.82, 2.24) is 4.90 Å². The van der Waals surface area contributed by atoms with Crippen molar-refractivity contribution in [3.63, 3.8) is 0 Å². The summed E-state index contributed by atoms with van der Waals surface area (Å²) in [7, 11) is 4.06. The number of likely N-dealkylation sites (tertiary alicyclic amines) is 1. The monoisotopic (exact) mass is 413 g/mol. The fourth-order valence-electron chi connectivity index (χ4n) is 3.80. The molecule has 158 valence electrons. The van der Waals surface area contributed by atoms with Gasteiger partial charge in [0.15, 0.2) is 11.5 Å². The van der Waals surface area contributed by atoms with Gasteiger partial charge in [-0.2, -0.15) is 0 Å². The fourth-order valence-corrected chi connectivity index (χ4v) is 3.80. The van der Waals surface area contributed by atoms with Gasteiger partial charge in [-0.05, 0) is 30.3 Å². The third kappa shape index (κ3) is 3.66. The van der Waals surface area contributed by atoms with Gasteiger partial charge in [-0.25, -0.2) is 0 Å². The number of aliphatic hydroxyl groups is 1. The number of benzene rings is 1. The number of nitrogens with zero attached hydrogens (tertiary/aromatic N) is 1. The lowest BCUT2D eigenvalue weighted by molar-refractivity contribution is -0.858. The zero-order valence-electron chi connectivity index (χ0n) is 17.0. The van der Waals surface area contributed by atoms with E-state index in [1.165, 1.54) is 16.1 Å². The van der Waals surface area contributed by atoms with Crippen LogP contribution in [0.2, 0.25) is 0 Å². The van der Waals surface area contributed by atoms with Crippen molar-refractivity contribution >= 4 is 17.4 Å². The fraction of sp³-hybridized carbons (Fsp3) is 0.364. The SMILES string of the molecule is C[NH+](C)CCCN1C(=O)C(=O)/C(=C(\O)c2ccc3c(c2)OCCO3)[C@H]1c1ccco1. The summed E-state index contributed by atoms with van der Waals surface area (Å²) in [6.07, 6.45) is 2.21. The van der Waals surface area contributed by atoms with Crippen molar-refractivity contribution in [3.8, 4) is 11.5 Å². The number of fused-ring (bicyclic) bond motifs is 1. The second-order valence-electron chi connectivity index (χ2n) is 7.68. The molecule has 2 N–H and O–H groups in total. The molecule has 0 radical (unpaired) electrons. The van der Waals surface area contributed by atoms with E-state index >= 15 is 0 Å². The van der Waals surface area contributed by atoms with E-state index in [9.17, 15) is 14.7 Å². The van der Waals surface area contributed by atoms with E-state index in [1.807, 2.05) is 14.1 Å². The molecule has 8 heteroatoms. The molecule has 1 aromatic carbocycles. The summed E-state index contributed by atoms with van der Waals surface area (Å²) in [4.78, 5) is 28.4. The molecule has 1 saturated heterocycles. The van der Waals surface area contributed by atoms with Crippen molar-refractivity contribution < 1.29 is 33.5 Å². The minimum absolute atomic E-state index is 0.0174. The maximum atomic E-state index is 12.9. The number of carbonyl (C=O) groups excluding carboxylic acids is 2. The van der Waals surface area contributed by atoms with Gasteiger partial charge in [0, 0.05) is 18.5 Å². The number of ketones is 1. The van der Waals surface area contributed by atoms with E-state index in [4.69, 9.17) is 13.9 Å². The van der Waals surface area contributed by atoms with Crippen LogP contribution in [0.15, 0.2) is 46.6 Å². The number of ether oxygens (including phenoxy) is 2. The van der Waals surface area contributed by atoms with Gasteiger partial charge < -0.3 is 28.8 Å². The first-order valence-electron chi connectivity index (χ1n) is 9.98. The van der Waals surface area contributed by atoms with Gasteiger partial charge in [0.25, 0.3) is 11.7 Å². The molecule has 1 atom stereocenters. The molecule has 1 fully saturated rings. The molecule has 0 saturated carbocycles. The predicted molar refractivity (Wildman–Crippen MR) is 107 cm³/mol. The first kappa shape index (κ1) is 20.0. The number of nitrogens with one attached hydrogen (secondary N) is 1. The summed E-state index contributed by atoms with van der Waals surface area (Å²) in [5.74, 6) is -0.113. The Morgan fingerprint density at radius 1 is 1.17 bits per heavy atom. The Morgan fingerprint density at radius 3 is 2.63 bits per heavy atom. The van der Waals surface area contributed by atoms with E-state index in [-0.39, 0.29) is 11.3 Å². The van der Waals surface area contributed by atoms with E-state index in [0.717, 1.165) is 13.0 Å². The summed E-state index contributed by atoms with van der Waals surface area (Å²) in [6, 6.07) is 7.57. The molecule has 2 aromatic rings. The number of furan rings is 1. The molecule has 3 heterocycles. The van der Waals surface area contributed by atoms with Crippen LogP contribution in [0.4, 0.5) is 0 Å². The van der Waals surface area contributed by atoms with Crippen LogP contribution in [0.3, 0.4) is 0 Å². The van der Waals surface area contributed by atoms with Crippen molar-refractivity contribution in [2.24, 2.45) is 0 Å². The zero-order valence-corrected chi connectivity index (χ0v) is 17.0. The third-order valence-corrected chi connectivity index (χ3v) is 5.24. The first-order chi connectivity index (χ1) is 14.5. The summed E-state index contributed by atoms with van der Waals surface area (Å²) in [6.45, 7) is 2.09. The summed E-state index contributed by atoms with van der Waals surface area (Å²) < 4.78 is 16.6. The Morgan fingerprint density at radius 2 is 1.93 bits per heavy atom. The Balaban J connectivity index is 1.74. The normalized spacial score (nSPS) is 20.2. The number of hydrogen-bond acceptors (Lipinski definition) is 6. The average molecular weight is 413 g/mol. The minimum Gasteiger partial charge on any atom is -0.507 e. The van der Waals surface area contributed by atoms with E-state index < -0.39 is 17.7 Å². The smallest absolute Gasteiger partial charge is 0.295 e. The number of carbonyl (C=O) groups is 2. The number of amides is 1. The lowest BCUT2D eigenvalue weighted by atomic mass is 9.99. The van der Waals surface area contributed by atoms with Crippen molar-refractivity contribution in [2.45, 2.75) is 12.5 Å². The van der Waals surface area contributed by atoms with Gasteiger partial charge >= 0.3 is 0 Å². The molecule has 1 amide bonds. The van der Waals surface area contributed by atoms with Crippen LogP contribution in [-0.2, 0) is 9.59 Å². The van der Waals surface area contributed by atoms with Crippen LogP contribution in [0.25, 0.3) is 5.76 Å². The van der Waals surface area contributed by atoms with Gasteiger partial charge in [-0.15, -0.1) is 0 Å². The highest BCUT2D eigenvalue weighted by Gasteiger charge is 2.47. The second kappa shape index (κ2) is 8.23. The van der Waals surface area contributed by atoms with Gasteiger partial charge in [-0.1, -0.05) is 0 Å². The zero-order chi connectivity index (χ0) is 21.3. The molecule has 1 aromatic heterocycles. The summed E-state index contributed by atoms with van der Waals surface area (Å²) in [5.41, 5.74) is 0.398. The molecule has 8 nitrogen and oxygen atoms in total.